The van der Waals surface area contributed by atoms with Crippen LogP contribution in [0.5, 0.6) is 0 Å². The van der Waals surface area contributed by atoms with E-state index in [1.807, 2.05) is 4.90 Å². The molecule has 0 aliphatic carbocycles. The van der Waals surface area contributed by atoms with Gasteiger partial charge in [-0.25, -0.2) is 4.79 Å². The van der Waals surface area contributed by atoms with Crippen molar-refractivity contribution >= 4 is 18.0 Å². The molecule has 1 N–H and O–H groups in total. The molecule has 1 aliphatic rings. The van der Waals surface area contributed by atoms with Crippen molar-refractivity contribution in [2.45, 2.75) is 57.7 Å². The van der Waals surface area contributed by atoms with E-state index in [2.05, 4.69) is 10.1 Å². The molecule has 1 amide bonds. The number of nitrogens with zero attached hydrogens (tertiary/aromatic N) is 1. The monoisotopic (exact) mass is 344 g/mol. The maximum Gasteiger partial charge on any atom is 0.407 e. The smallest absolute Gasteiger partial charge is 0.407 e. The zero-order valence-corrected chi connectivity index (χ0v) is 15.1. The van der Waals surface area contributed by atoms with E-state index in [1.165, 1.54) is 14.2 Å². The zero-order chi connectivity index (χ0) is 18.3. The Hall–Kier alpha value is -1.83. The lowest BCUT2D eigenvalue weighted by Gasteiger charge is -2.28. The zero-order valence-electron chi connectivity index (χ0n) is 15.1. The topological polar surface area (TPSA) is 94.2 Å². The summed E-state index contributed by atoms with van der Waals surface area (Å²) in [5.41, 5.74) is -0.637. The predicted molar refractivity (Wildman–Crippen MR) is 86.4 cm³/mol. The molecule has 0 spiro atoms. The number of carbonyl (C=O) groups is 3. The Morgan fingerprint density at radius 3 is 2.42 bits per heavy atom. The van der Waals surface area contributed by atoms with Crippen molar-refractivity contribution in [3.05, 3.63) is 0 Å². The van der Waals surface area contributed by atoms with Crippen molar-refractivity contribution in [3.63, 3.8) is 0 Å². The van der Waals surface area contributed by atoms with E-state index in [1.54, 1.807) is 20.8 Å². The summed E-state index contributed by atoms with van der Waals surface area (Å²) in [6.45, 7) is 6.32. The number of esters is 2. The standard InChI is InChI=1S/C16H28N2O6/c1-16(2,3)24-15(21)17-11(9-13(19)22-4)10-18-8-6-7-12(18)14(20)23-5/h11-12H,6-10H2,1-5H3,(H,17,21)/t11-,12-/m0/s1. The van der Waals surface area contributed by atoms with Crippen LogP contribution in [0.25, 0.3) is 0 Å². The first-order valence-electron chi connectivity index (χ1n) is 8.04. The van der Waals surface area contributed by atoms with Gasteiger partial charge in [0.15, 0.2) is 0 Å². The molecule has 1 aliphatic heterocycles. The third-order valence-electron chi connectivity index (χ3n) is 3.65. The number of hydrogen-bond acceptors (Lipinski definition) is 7. The van der Waals surface area contributed by atoms with Crippen LogP contribution in [0.4, 0.5) is 4.79 Å². The van der Waals surface area contributed by atoms with Crippen LogP contribution in [0.1, 0.15) is 40.0 Å². The van der Waals surface area contributed by atoms with E-state index in [-0.39, 0.29) is 18.4 Å². The normalized spacial score (nSPS) is 19.5. The van der Waals surface area contributed by atoms with Crippen molar-refractivity contribution in [2.75, 3.05) is 27.3 Å². The third kappa shape index (κ3) is 6.74. The summed E-state index contributed by atoms with van der Waals surface area (Å²) in [6.07, 6.45) is 0.951. The van der Waals surface area contributed by atoms with Gasteiger partial charge in [-0.3, -0.25) is 14.5 Å². The molecule has 0 unspecified atom stereocenters. The SMILES string of the molecule is COC(=O)C[C@@H](CN1CCC[C@H]1C(=O)OC)NC(=O)OC(C)(C)C. The second-order valence-electron chi connectivity index (χ2n) is 6.80. The van der Waals surface area contributed by atoms with Gasteiger partial charge < -0.3 is 19.5 Å². The maximum absolute atomic E-state index is 12.0. The van der Waals surface area contributed by atoms with Gasteiger partial charge in [0, 0.05) is 6.54 Å². The minimum atomic E-state index is -0.637. The predicted octanol–water partition coefficient (Wildman–Crippen LogP) is 1.08. The number of ether oxygens (including phenoxy) is 3. The highest BCUT2D eigenvalue weighted by Crippen LogP contribution is 2.19. The molecule has 1 heterocycles. The fourth-order valence-electron chi connectivity index (χ4n) is 2.65. The molecule has 8 nitrogen and oxygen atoms in total. The molecule has 1 saturated heterocycles. The lowest BCUT2D eigenvalue weighted by molar-refractivity contribution is -0.145. The average Bonchev–Trinajstić information content (AvgIpc) is 2.92. The molecule has 8 heteroatoms. The molecular formula is C16H28N2O6. The molecule has 1 fully saturated rings. The molecule has 0 aromatic carbocycles. The van der Waals surface area contributed by atoms with Crippen LogP contribution in [0.2, 0.25) is 0 Å². The molecule has 0 radical (unpaired) electrons. The van der Waals surface area contributed by atoms with Crippen molar-refractivity contribution in [2.24, 2.45) is 0 Å². The van der Waals surface area contributed by atoms with Crippen LogP contribution >= 0.6 is 0 Å². The van der Waals surface area contributed by atoms with E-state index in [9.17, 15) is 14.4 Å². The summed E-state index contributed by atoms with van der Waals surface area (Å²) < 4.78 is 14.7. The van der Waals surface area contributed by atoms with E-state index < -0.39 is 23.7 Å². The average molecular weight is 344 g/mol. The molecule has 0 aromatic heterocycles. The first-order valence-corrected chi connectivity index (χ1v) is 8.04. The van der Waals surface area contributed by atoms with Gasteiger partial charge in [0.2, 0.25) is 0 Å². The lowest BCUT2D eigenvalue weighted by Crippen LogP contribution is -2.49. The van der Waals surface area contributed by atoms with Gasteiger partial charge in [-0.2, -0.15) is 0 Å². The first kappa shape index (κ1) is 20.2. The highest BCUT2D eigenvalue weighted by Gasteiger charge is 2.34. The molecular weight excluding hydrogens is 316 g/mol. The molecule has 0 saturated carbocycles. The largest absolute Gasteiger partial charge is 0.469 e. The Kier molecular flexibility index (Phi) is 7.47. The Bertz CT molecular complexity index is 460. The van der Waals surface area contributed by atoms with Crippen molar-refractivity contribution in [1.82, 2.24) is 10.2 Å². The maximum atomic E-state index is 12.0. The molecule has 2 atom stereocenters. The summed E-state index contributed by atoms with van der Waals surface area (Å²) in [4.78, 5) is 37.3. The Morgan fingerprint density at radius 1 is 1.21 bits per heavy atom. The second kappa shape index (κ2) is 8.86. The van der Waals surface area contributed by atoms with Crippen LogP contribution in [0.15, 0.2) is 0 Å². The minimum Gasteiger partial charge on any atom is -0.469 e. The van der Waals surface area contributed by atoms with Crippen LogP contribution in [-0.2, 0) is 23.8 Å². The Morgan fingerprint density at radius 2 is 1.88 bits per heavy atom. The fraction of sp³-hybridized carbons (Fsp3) is 0.812. The lowest BCUT2D eigenvalue weighted by atomic mass is 10.1. The fourth-order valence-corrected chi connectivity index (χ4v) is 2.65. The summed E-state index contributed by atoms with van der Waals surface area (Å²) in [6, 6.07) is -0.867. The number of methoxy groups -OCH3 is 2. The molecule has 0 aromatic rings. The summed E-state index contributed by atoms with van der Waals surface area (Å²) in [5.74, 6) is -0.744. The quantitative estimate of drug-likeness (QED) is 0.569. The summed E-state index contributed by atoms with van der Waals surface area (Å²) in [5, 5.41) is 2.69. The number of alkyl carbamates (subject to hydrolysis) is 1. The number of nitrogens with one attached hydrogen (secondary N) is 1. The highest BCUT2D eigenvalue weighted by atomic mass is 16.6. The Balaban J connectivity index is 2.73. The highest BCUT2D eigenvalue weighted by molar-refractivity contribution is 5.76. The number of hydrogen-bond donors (Lipinski definition) is 1. The molecule has 138 valence electrons. The summed E-state index contributed by atoms with van der Waals surface area (Å²) in [7, 11) is 2.64. The number of rotatable bonds is 6. The van der Waals surface area contributed by atoms with Gasteiger partial charge in [-0.15, -0.1) is 0 Å². The first-order chi connectivity index (χ1) is 11.2. The van der Waals surface area contributed by atoms with E-state index in [4.69, 9.17) is 9.47 Å². The molecule has 24 heavy (non-hydrogen) atoms. The van der Waals surface area contributed by atoms with E-state index >= 15 is 0 Å². The number of carbonyl (C=O) groups excluding carboxylic acids is 3. The molecule has 1 rings (SSSR count). The number of likely N-dealkylation sites (tertiary alicyclic amines) is 1. The van der Waals surface area contributed by atoms with Gasteiger partial charge in [0.25, 0.3) is 0 Å². The van der Waals surface area contributed by atoms with Gasteiger partial charge in [-0.1, -0.05) is 0 Å². The van der Waals surface area contributed by atoms with E-state index in [0.29, 0.717) is 19.5 Å². The van der Waals surface area contributed by atoms with Crippen molar-refractivity contribution < 1.29 is 28.6 Å². The van der Waals surface area contributed by atoms with Crippen LogP contribution in [-0.4, -0.2) is 67.9 Å². The van der Waals surface area contributed by atoms with Crippen LogP contribution in [0, 0.1) is 0 Å². The van der Waals surface area contributed by atoms with Crippen LogP contribution < -0.4 is 5.32 Å². The van der Waals surface area contributed by atoms with Gasteiger partial charge in [-0.05, 0) is 40.2 Å². The Labute approximate surface area is 142 Å². The van der Waals surface area contributed by atoms with Crippen LogP contribution in [0.3, 0.4) is 0 Å². The van der Waals surface area contributed by atoms with Gasteiger partial charge in [0.1, 0.15) is 11.6 Å². The minimum absolute atomic E-state index is 0.000134. The van der Waals surface area contributed by atoms with E-state index in [0.717, 1.165) is 6.42 Å². The summed E-state index contributed by atoms with van der Waals surface area (Å²) >= 11 is 0. The number of amides is 1. The van der Waals surface area contributed by atoms with Crippen molar-refractivity contribution in [3.8, 4) is 0 Å². The second-order valence-corrected chi connectivity index (χ2v) is 6.80. The van der Waals surface area contributed by atoms with Gasteiger partial charge >= 0.3 is 18.0 Å². The van der Waals surface area contributed by atoms with Gasteiger partial charge in [0.05, 0.1) is 26.7 Å². The van der Waals surface area contributed by atoms with Crippen molar-refractivity contribution in [1.29, 1.82) is 0 Å². The molecule has 0 bridgehead atoms. The third-order valence-corrected chi connectivity index (χ3v) is 3.65.